The highest BCUT2D eigenvalue weighted by Gasteiger charge is 1.96. The van der Waals surface area contributed by atoms with E-state index in [0.29, 0.717) is 13.2 Å². The Balaban J connectivity index is 2.49. The van der Waals surface area contributed by atoms with E-state index >= 15 is 0 Å². The van der Waals surface area contributed by atoms with E-state index in [1.54, 1.807) is 7.11 Å². The first-order valence-electron chi connectivity index (χ1n) is 7.14. The second-order valence-electron chi connectivity index (χ2n) is 4.34. The maximum Gasteiger partial charge on any atom is 0.191 e. The van der Waals surface area contributed by atoms with E-state index in [4.69, 9.17) is 4.74 Å². The van der Waals surface area contributed by atoms with Crippen LogP contribution in [-0.2, 0) is 11.3 Å². The van der Waals surface area contributed by atoms with Gasteiger partial charge in [-0.3, -0.25) is 0 Å². The Labute approximate surface area is 121 Å². The largest absolute Gasteiger partial charge is 0.383 e. The van der Waals surface area contributed by atoms with Crippen LogP contribution in [0.15, 0.2) is 29.3 Å². The number of nitrogens with one attached hydrogen (secondary N) is 3. The number of nitrogens with zero attached hydrogens (tertiary/aromatic N) is 1. The molecule has 1 aromatic rings. The number of guanidine groups is 1. The fraction of sp³-hybridized carbons (Fsp3) is 0.533. The Bertz CT molecular complexity index is 381. The van der Waals surface area contributed by atoms with Crippen molar-refractivity contribution in [3.63, 3.8) is 0 Å². The molecule has 0 fully saturated rings. The number of hydrogen-bond donors (Lipinski definition) is 3. The minimum atomic E-state index is 0.674. The lowest BCUT2D eigenvalue weighted by Gasteiger charge is -2.09. The summed E-state index contributed by atoms with van der Waals surface area (Å²) < 4.78 is 5.00. The predicted molar refractivity (Wildman–Crippen MR) is 85.3 cm³/mol. The predicted octanol–water partition coefficient (Wildman–Crippen LogP) is 1.82. The van der Waals surface area contributed by atoms with Gasteiger partial charge in [0.2, 0.25) is 0 Å². The Morgan fingerprint density at radius 2 is 1.75 bits per heavy atom. The third kappa shape index (κ3) is 6.43. The number of hydrogen-bond acceptors (Lipinski definition) is 3. The molecule has 5 heteroatoms. The van der Waals surface area contributed by atoms with E-state index in [2.05, 4.69) is 59.1 Å². The van der Waals surface area contributed by atoms with Crippen LogP contribution >= 0.6 is 0 Å². The minimum absolute atomic E-state index is 0.674. The first-order chi connectivity index (χ1) is 9.80. The molecule has 0 saturated carbocycles. The van der Waals surface area contributed by atoms with Gasteiger partial charge in [-0.25, -0.2) is 4.99 Å². The molecule has 1 aromatic carbocycles. The van der Waals surface area contributed by atoms with Crippen LogP contribution in [0.1, 0.15) is 19.4 Å². The monoisotopic (exact) mass is 278 g/mol. The summed E-state index contributed by atoms with van der Waals surface area (Å²) >= 11 is 0. The molecule has 20 heavy (non-hydrogen) atoms. The number of methoxy groups -OCH3 is 1. The van der Waals surface area contributed by atoms with Crippen molar-refractivity contribution in [2.24, 2.45) is 4.99 Å². The van der Waals surface area contributed by atoms with Crippen molar-refractivity contribution in [2.45, 2.75) is 20.4 Å². The molecule has 0 aliphatic rings. The highest BCUT2D eigenvalue weighted by molar-refractivity contribution is 5.79. The molecule has 0 aliphatic heterocycles. The van der Waals surface area contributed by atoms with Gasteiger partial charge in [-0.1, -0.05) is 12.1 Å². The van der Waals surface area contributed by atoms with Gasteiger partial charge in [0.05, 0.1) is 13.2 Å². The van der Waals surface area contributed by atoms with Crippen molar-refractivity contribution >= 4 is 11.6 Å². The average Bonchev–Trinajstić information content (AvgIpc) is 2.47. The van der Waals surface area contributed by atoms with Crippen molar-refractivity contribution < 1.29 is 4.74 Å². The van der Waals surface area contributed by atoms with Crippen LogP contribution in [0.5, 0.6) is 0 Å². The lowest BCUT2D eigenvalue weighted by Crippen LogP contribution is -2.36. The van der Waals surface area contributed by atoms with E-state index in [9.17, 15) is 0 Å². The van der Waals surface area contributed by atoms with Crippen LogP contribution in [0, 0.1) is 0 Å². The van der Waals surface area contributed by atoms with Gasteiger partial charge in [0, 0.05) is 32.4 Å². The molecule has 0 atom stereocenters. The van der Waals surface area contributed by atoms with Gasteiger partial charge in [-0.05, 0) is 31.5 Å². The third-order valence-electron chi connectivity index (χ3n) is 2.70. The molecule has 0 saturated heterocycles. The Hall–Kier alpha value is -1.75. The zero-order valence-electron chi connectivity index (χ0n) is 12.7. The second kappa shape index (κ2) is 10.1. The number of rotatable bonds is 8. The van der Waals surface area contributed by atoms with Gasteiger partial charge in [0.15, 0.2) is 5.96 Å². The normalized spacial score (nSPS) is 9.95. The average molecular weight is 278 g/mol. The van der Waals surface area contributed by atoms with Crippen molar-refractivity contribution in [3.8, 4) is 0 Å². The molecule has 0 amide bonds. The molecule has 1 rings (SSSR count). The fourth-order valence-electron chi connectivity index (χ4n) is 1.70. The standard InChI is InChI=1S/C15H26N4O/c1-4-16-15(17-5-2)19-12-13-6-8-14(9-7-13)18-10-11-20-3/h6-9,18H,4-5,10-12H2,1-3H3,(H2,16,17,19). The van der Waals surface area contributed by atoms with Crippen LogP contribution in [0.4, 0.5) is 5.69 Å². The topological polar surface area (TPSA) is 57.7 Å². The Morgan fingerprint density at radius 3 is 2.30 bits per heavy atom. The maximum atomic E-state index is 5.00. The zero-order chi connectivity index (χ0) is 14.6. The molecule has 0 aromatic heterocycles. The summed E-state index contributed by atoms with van der Waals surface area (Å²) in [5.74, 6) is 0.859. The summed E-state index contributed by atoms with van der Waals surface area (Å²) in [6.07, 6.45) is 0. The summed E-state index contributed by atoms with van der Waals surface area (Å²) in [5.41, 5.74) is 2.30. The first kappa shape index (κ1) is 16.3. The molecule has 112 valence electrons. The Kier molecular flexibility index (Phi) is 8.22. The quantitative estimate of drug-likeness (QED) is 0.386. The van der Waals surface area contributed by atoms with Crippen LogP contribution in [-0.4, -0.2) is 39.3 Å². The zero-order valence-corrected chi connectivity index (χ0v) is 12.7. The maximum absolute atomic E-state index is 5.00. The SMILES string of the molecule is CCNC(=NCc1ccc(NCCOC)cc1)NCC. The molecule has 5 nitrogen and oxygen atoms in total. The second-order valence-corrected chi connectivity index (χ2v) is 4.34. The molecule has 0 bridgehead atoms. The van der Waals surface area contributed by atoms with E-state index in [1.165, 1.54) is 5.56 Å². The van der Waals surface area contributed by atoms with Gasteiger partial charge < -0.3 is 20.7 Å². The van der Waals surface area contributed by atoms with Crippen molar-refractivity contribution in [2.75, 3.05) is 38.7 Å². The van der Waals surface area contributed by atoms with Crippen LogP contribution < -0.4 is 16.0 Å². The van der Waals surface area contributed by atoms with E-state index in [0.717, 1.165) is 31.3 Å². The molecular formula is C15H26N4O. The summed E-state index contributed by atoms with van der Waals surface area (Å²) in [6, 6.07) is 8.32. The Morgan fingerprint density at radius 1 is 1.10 bits per heavy atom. The summed E-state index contributed by atoms with van der Waals surface area (Å²) in [5, 5.41) is 9.72. The summed E-state index contributed by atoms with van der Waals surface area (Å²) in [6.45, 7) is 8.07. The third-order valence-corrected chi connectivity index (χ3v) is 2.70. The van der Waals surface area contributed by atoms with Crippen molar-refractivity contribution in [3.05, 3.63) is 29.8 Å². The lowest BCUT2D eigenvalue weighted by atomic mass is 10.2. The highest BCUT2D eigenvalue weighted by Crippen LogP contribution is 2.10. The van der Waals surface area contributed by atoms with Gasteiger partial charge in [0.25, 0.3) is 0 Å². The molecule has 0 aliphatic carbocycles. The summed E-state index contributed by atoms with van der Waals surface area (Å²) in [4.78, 5) is 4.53. The lowest BCUT2D eigenvalue weighted by molar-refractivity contribution is 0.211. The fourth-order valence-corrected chi connectivity index (χ4v) is 1.70. The highest BCUT2D eigenvalue weighted by atomic mass is 16.5. The number of aliphatic imine (C=N–C) groups is 1. The number of ether oxygens (including phenoxy) is 1. The minimum Gasteiger partial charge on any atom is -0.383 e. The van der Waals surface area contributed by atoms with Crippen molar-refractivity contribution in [1.82, 2.24) is 10.6 Å². The molecular weight excluding hydrogens is 252 g/mol. The first-order valence-corrected chi connectivity index (χ1v) is 7.14. The van der Waals surface area contributed by atoms with E-state index < -0.39 is 0 Å². The van der Waals surface area contributed by atoms with E-state index in [-0.39, 0.29) is 0 Å². The van der Waals surface area contributed by atoms with Crippen LogP contribution in [0.3, 0.4) is 0 Å². The smallest absolute Gasteiger partial charge is 0.191 e. The molecule has 0 radical (unpaired) electrons. The summed E-state index contributed by atoms with van der Waals surface area (Å²) in [7, 11) is 1.70. The van der Waals surface area contributed by atoms with Gasteiger partial charge in [0.1, 0.15) is 0 Å². The van der Waals surface area contributed by atoms with Crippen molar-refractivity contribution in [1.29, 1.82) is 0 Å². The van der Waals surface area contributed by atoms with E-state index in [1.807, 2.05) is 0 Å². The van der Waals surface area contributed by atoms with Crippen LogP contribution in [0.25, 0.3) is 0 Å². The number of anilines is 1. The molecule has 0 heterocycles. The number of benzene rings is 1. The molecule has 0 spiro atoms. The van der Waals surface area contributed by atoms with Crippen LogP contribution in [0.2, 0.25) is 0 Å². The molecule has 3 N–H and O–H groups in total. The van der Waals surface area contributed by atoms with Gasteiger partial charge in [-0.15, -0.1) is 0 Å². The van der Waals surface area contributed by atoms with Gasteiger partial charge in [-0.2, -0.15) is 0 Å². The molecule has 0 unspecified atom stereocenters. The van der Waals surface area contributed by atoms with Gasteiger partial charge >= 0.3 is 0 Å².